The second kappa shape index (κ2) is 8.01. The summed E-state index contributed by atoms with van der Waals surface area (Å²) in [6.45, 7) is 8.15. The Kier molecular flexibility index (Phi) is 5.79. The molecule has 3 atom stereocenters. The summed E-state index contributed by atoms with van der Waals surface area (Å²) in [7, 11) is 0. The molecule has 3 N–H and O–H groups in total. The number of amides is 2. The first-order chi connectivity index (χ1) is 14.0. The zero-order chi connectivity index (χ0) is 22.1. The number of hydrogen-bond acceptors (Lipinski definition) is 3. The molecule has 0 saturated carbocycles. The third kappa shape index (κ3) is 3.99. The van der Waals surface area contributed by atoms with E-state index in [2.05, 4.69) is 0 Å². The van der Waals surface area contributed by atoms with E-state index < -0.39 is 23.6 Å². The maximum absolute atomic E-state index is 12.4. The average Bonchev–Trinajstić information content (AvgIpc) is 3.03. The van der Waals surface area contributed by atoms with Gasteiger partial charge in [0.05, 0.1) is 6.04 Å². The van der Waals surface area contributed by atoms with Crippen LogP contribution in [-0.4, -0.2) is 27.5 Å². The molecule has 0 aliphatic carbocycles. The second-order valence-corrected chi connectivity index (χ2v) is 9.18. The number of hydrogen-bond donors (Lipinski definition) is 2. The van der Waals surface area contributed by atoms with Crippen LogP contribution in [0.25, 0.3) is 0 Å². The van der Waals surface area contributed by atoms with E-state index in [-0.39, 0.29) is 11.3 Å². The van der Waals surface area contributed by atoms with Gasteiger partial charge in [-0.15, -0.1) is 0 Å². The van der Waals surface area contributed by atoms with Crippen molar-refractivity contribution >= 4 is 12.0 Å². The smallest absolute Gasteiger partial charge is 0.408 e. The highest BCUT2D eigenvalue weighted by atomic mass is 16.5. The monoisotopic (exact) mass is 410 g/mol. The molecule has 3 rings (SSSR count). The van der Waals surface area contributed by atoms with Crippen molar-refractivity contribution in [1.29, 1.82) is 0 Å². The van der Waals surface area contributed by atoms with Crippen molar-refractivity contribution in [3.63, 3.8) is 0 Å². The summed E-state index contributed by atoms with van der Waals surface area (Å²) in [6.07, 6.45) is -0.614. The van der Waals surface area contributed by atoms with Crippen molar-refractivity contribution in [2.75, 3.05) is 0 Å². The number of ether oxygens (including phenoxy) is 1. The van der Waals surface area contributed by atoms with Gasteiger partial charge < -0.3 is 15.6 Å². The third-order valence-corrected chi connectivity index (χ3v) is 6.21. The van der Waals surface area contributed by atoms with Gasteiger partial charge in [0.25, 0.3) is 0 Å². The van der Waals surface area contributed by atoms with Crippen LogP contribution in [0, 0.1) is 11.3 Å². The summed E-state index contributed by atoms with van der Waals surface area (Å²) >= 11 is 0. The number of rotatable bonds is 5. The van der Waals surface area contributed by atoms with Gasteiger partial charge in [-0.3, -0.25) is 9.69 Å². The fourth-order valence-corrected chi connectivity index (χ4v) is 4.68. The first kappa shape index (κ1) is 21.7. The van der Waals surface area contributed by atoms with Crippen molar-refractivity contribution in [2.24, 2.45) is 17.1 Å². The van der Waals surface area contributed by atoms with E-state index in [4.69, 9.17) is 10.5 Å². The molecule has 0 spiro atoms. The van der Waals surface area contributed by atoms with Gasteiger partial charge in [0.2, 0.25) is 5.91 Å². The Morgan fingerprint density at radius 2 is 1.73 bits per heavy atom. The Morgan fingerprint density at radius 1 is 1.13 bits per heavy atom. The van der Waals surface area contributed by atoms with Crippen molar-refractivity contribution < 1.29 is 19.4 Å². The fraction of sp³-hybridized carbons (Fsp3) is 0.417. The third-order valence-electron chi connectivity index (χ3n) is 6.21. The average molecular weight is 411 g/mol. The molecule has 0 radical (unpaired) electrons. The summed E-state index contributed by atoms with van der Waals surface area (Å²) in [5.41, 5.74) is 6.07. The molecule has 2 aromatic rings. The normalized spacial score (nSPS) is 23.9. The zero-order valence-electron chi connectivity index (χ0n) is 18.0. The lowest BCUT2D eigenvalue weighted by atomic mass is 9.69. The molecule has 1 aliphatic rings. The molecule has 0 bridgehead atoms. The summed E-state index contributed by atoms with van der Waals surface area (Å²) in [5.74, 6) is -0.125. The van der Waals surface area contributed by atoms with Crippen LogP contribution in [0.1, 0.15) is 51.3 Å². The van der Waals surface area contributed by atoms with Gasteiger partial charge in [-0.25, -0.2) is 4.79 Å². The van der Waals surface area contributed by atoms with Crippen LogP contribution in [0.3, 0.4) is 0 Å². The van der Waals surface area contributed by atoms with E-state index in [1.165, 1.54) is 4.90 Å². The lowest BCUT2D eigenvalue weighted by Gasteiger charge is -2.41. The highest BCUT2D eigenvalue weighted by Crippen LogP contribution is 2.53. The van der Waals surface area contributed by atoms with E-state index in [1.54, 1.807) is 6.92 Å². The standard InChI is InChI=1S/C24H30N2O4/c1-23(2,3)20-14-19(26(22(28)29)24(20,4)21(25)27)17-10-12-18(13-11-17)30-15-16-8-6-5-7-9-16/h5-13,19-20H,14-15H2,1-4H3,(H2,25,27)(H,28,29)/t19-,20?,24+/m0/s1. The molecular weight excluding hydrogens is 380 g/mol. The van der Waals surface area contributed by atoms with Gasteiger partial charge in [-0.2, -0.15) is 0 Å². The minimum Gasteiger partial charge on any atom is -0.489 e. The molecule has 0 aromatic heterocycles. The Labute approximate surface area is 177 Å². The molecule has 30 heavy (non-hydrogen) atoms. The van der Waals surface area contributed by atoms with Crippen molar-refractivity contribution in [3.05, 3.63) is 65.7 Å². The van der Waals surface area contributed by atoms with Gasteiger partial charge in [-0.1, -0.05) is 63.2 Å². The number of carbonyl (C=O) groups is 2. The van der Waals surface area contributed by atoms with Crippen molar-refractivity contribution in [3.8, 4) is 5.75 Å². The van der Waals surface area contributed by atoms with Crippen molar-refractivity contribution in [1.82, 2.24) is 4.90 Å². The molecule has 2 amide bonds. The largest absolute Gasteiger partial charge is 0.489 e. The van der Waals surface area contributed by atoms with Crippen LogP contribution in [0.2, 0.25) is 0 Å². The summed E-state index contributed by atoms with van der Waals surface area (Å²) in [4.78, 5) is 25.9. The molecule has 6 nitrogen and oxygen atoms in total. The highest BCUT2D eigenvalue weighted by Gasteiger charge is 2.59. The first-order valence-corrected chi connectivity index (χ1v) is 10.1. The maximum atomic E-state index is 12.4. The lowest BCUT2D eigenvalue weighted by Crippen LogP contribution is -2.59. The van der Waals surface area contributed by atoms with E-state index >= 15 is 0 Å². The predicted octanol–water partition coefficient (Wildman–Crippen LogP) is 4.60. The van der Waals surface area contributed by atoms with Crippen LogP contribution in [-0.2, 0) is 11.4 Å². The fourth-order valence-electron chi connectivity index (χ4n) is 4.68. The van der Waals surface area contributed by atoms with Crippen LogP contribution >= 0.6 is 0 Å². The Morgan fingerprint density at radius 3 is 2.23 bits per heavy atom. The predicted molar refractivity (Wildman–Crippen MR) is 115 cm³/mol. The molecule has 6 heteroatoms. The molecule has 1 heterocycles. The van der Waals surface area contributed by atoms with E-state index in [0.29, 0.717) is 18.8 Å². The van der Waals surface area contributed by atoms with Gasteiger partial charge in [-0.05, 0) is 47.9 Å². The van der Waals surface area contributed by atoms with Crippen LogP contribution in [0.15, 0.2) is 54.6 Å². The number of benzene rings is 2. The maximum Gasteiger partial charge on any atom is 0.408 e. The minimum absolute atomic E-state index is 0.211. The highest BCUT2D eigenvalue weighted by molar-refractivity contribution is 5.89. The lowest BCUT2D eigenvalue weighted by molar-refractivity contribution is -0.131. The molecule has 1 aliphatic heterocycles. The Bertz CT molecular complexity index is 905. The Hall–Kier alpha value is -3.02. The Balaban J connectivity index is 1.86. The molecule has 1 fully saturated rings. The SMILES string of the molecule is CC(C)(C)C1C[C@@H](c2ccc(OCc3ccccc3)cc2)N(C(=O)O)[C@@]1(C)C(N)=O. The minimum atomic E-state index is -1.28. The number of likely N-dealkylation sites (tertiary alicyclic amines) is 1. The summed E-state index contributed by atoms with van der Waals surface area (Å²) in [5, 5.41) is 9.97. The van der Waals surface area contributed by atoms with E-state index in [1.807, 2.05) is 75.4 Å². The van der Waals surface area contributed by atoms with E-state index in [0.717, 1.165) is 11.1 Å². The zero-order valence-corrected chi connectivity index (χ0v) is 18.0. The quantitative estimate of drug-likeness (QED) is 0.753. The number of nitrogens with two attached hydrogens (primary N) is 1. The molecular formula is C24H30N2O4. The first-order valence-electron chi connectivity index (χ1n) is 10.1. The summed E-state index contributed by atoms with van der Waals surface area (Å²) < 4.78 is 5.83. The van der Waals surface area contributed by atoms with Crippen LogP contribution in [0.5, 0.6) is 5.75 Å². The van der Waals surface area contributed by atoms with Crippen molar-refractivity contribution in [2.45, 2.75) is 52.3 Å². The molecule has 1 saturated heterocycles. The van der Waals surface area contributed by atoms with Gasteiger partial charge in [0.15, 0.2) is 0 Å². The number of carboxylic acid groups (broad SMARTS) is 1. The molecule has 1 unspecified atom stereocenters. The van der Waals surface area contributed by atoms with Gasteiger partial charge in [0.1, 0.15) is 17.9 Å². The van der Waals surface area contributed by atoms with Crippen LogP contribution < -0.4 is 10.5 Å². The van der Waals surface area contributed by atoms with Crippen LogP contribution in [0.4, 0.5) is 4.79 Å². The number of carbonyl (C=O) groups excluding carboxylic acids is 1. The van der Waals surface area contributed by atoms with E-state index in [9.17, 15) is 14.7 Å². The van der Waals surface area contributed by atoms with Gasteiger partial charge >= 0.3 is 6.09 Å². The topological polar surface area (TPSA) is 92.9 Å². The summed E-state index contributed by atoms with van der Waals surface area (Å²) in [6, 6.07) is 16.8. The molecule has 160 valence electrons. The number of nitrogens with zero attached hydrogens (tertiary/aromatic N) is 1. The van der Waals surface area contributed by atoms with Gasteiger partial charge in [0, 0.05) is 0 Å². The number of primary amides is 1. The molecule has 2 aromatic carbocycles. The second-order valence-electron chi connectivity index (χ2n) is 9.18.